The summed E-state index contributed by atoms with van der Waals surface area (Å²) in [5.41, 5.74) is 0.281. The van der Waals surface area contributed by atoms with Crippen LogP contribution in [0.25, 0.3) is 0 Å². The van der Waals surface area contributed by atoms with E-state index in [1.165, 1.54) is 6.20 Å². The van der Waals surface area contributed by atoms with Gasteiger partial charge in [0.05, 0.1) is 16.8 Å². The number of anilines is 2. The average Bonchev–Trinajstić information content (AvgIpc) is 3.22. The molecule has 0 bridgehead atoms. The minimum atomic E-state index is -4.19. The topological polar surface area (TPSA) is 94.6 Å². The van der Waals surface area contributed by atoms with Crippen LogP contribution in [-0.4, -0.2) is 61.9 Å². The van der Waals surface area contributed by atoms with E-state index in [-0.39, 0.29) is 34.5 Å². The molecular weight excluding hydrogens is 470 g/mol. The molecule has 3 atom stereocenters. The highest BCUT2D eigenvalue weighted by atomic mass is 35.5. The van der Waals surface area contributed by atoms with Gasteiger partial charge in [0.15, 0.2) is 5.13 Å². The molecule has 31 heavy (non-hydrogen) atoms. The molecule has 172 valence electrons. The molecule has 1 fully saturated rings. The minimum Gasteiger partial charge on any atom is -0.389 e. The van der Waals surface area contributed by atoms with Crippen molar-refractivity contribution in [3.05, 3.63) is 34.5 Å². The van der Waals surface area contributed by atoms with Gasteiger partial charge < -0.3 is 10.4 Å². The molecule has 12 heteroatoms. The first-order chi connectivity index (χ1) is 14.7. The van der Waals surface area contributed by atoms with Gasteiger partial charge in [-0.15, -0.1) is 11.3 Å². The Hall–Kier alpha value is -1.53. The van der Waals surface area contributed by atoms with E-state index >= 15 is 0 Å². The summed E-state index contributed by atoms with van der Waals surface area (Å²) in [5.74, 6) is -0.940. The summed E-state index contributed by atoms with van der Waals surface area (Å²) < 4.78 is 54.7. The van der Waals surface area contributed by atoms with E-state index in [4.69, 9.17) is 11.6 Å². The molecule has 1 saturated carbocycles. The highest BCUT2D eigenvalue weighted by Crippen LogP contribution is 2.33. The maximum Gasteiger partial charge on any atom is 0.266 e. The van der Waals surface area contributed by atoms with Crippen molar-refractivity contribution >= 4 is 43.8 Å². The Morgan fingerprint density at radius 1 is 1.39 bits per heavy atom. The number of likely N-dealkylation sites (N-methyl/N-ethyl adjacent to an activating group) is 1. The van der Waals surface area contributed by atoms with Crippen LogP contribution in [0.3, 0.4) is 0 Å². The Labute approximate surface area is 189 Å². The van der Waals surface area contributed by atoms with E-state index in [0.717, 1.165) is 49.2 Å². The van der Waals surface area contributed by atoms with Gasteiger partial charge in [-0.2, -0.15) is 0 Å². The minimum absolute atomic E-state index is 0.0101. The predicted molar refractivity (Wildman–Crippen MR) is 119 cm³/mol. The monoisotopic (exact) mass is 494 g/mol. The Balaban J connectivity index is 1.79. The Bertz CT molecular complexity index is 979. The number of halogens is 3. The smallest absolute Gasteiger partial charge is 0.266 e. The molecule has 0 unspecified atom stereocenters. The summed E-state index contributed by atoms with van der Waals surface area (Å²) in [4.78, 5) is 5.16. The number of sulfonamides is 1. The third kappa shape index (κ3) is 6.04. The molecule has 3 N–H and O–H groups in total. The summed E-state index contributed by atoms with van der Waals surface area (Å²) >= 11 is 7.38. The van der Waals surface area contributed by atoms with Crippen LogP contribution in [0.15, 0.2) is 28.6 Å². The number of aliphatic hydroxyl groups excluding tert-OH is 1. The van der Waals surface area contributed by atoms with Gasteiger partial charge in [0.2, 0.25) is 0 Å². The van der Waals surface area contributed by atoms with Gasteiger partial charge in [-0.1, -0.05) is 24.4 Å². The Morgan fingerprint density at radius 3 is 2.81 bits per heavy atom. The van der Waals surface area contributed by atoms with Crippen LogP contribution >= 0.6 is 22.9 Å². The molecule has 1 aliphatic carbocycles. The summed E-state index contributed by atoms with van der Waals surface area (Å²) in [6, 6.07) is 2.02. The number of alkyl halides is 1. The van der Waals surface area contributed by atoms with Crippen molar-refractivity contribution in [2.75, 3.05) is 30.3 Å². The van der Waals surface area contributed by atoms with Crippen molar-refractivity contribution in [3.63, 3.8) is 0 Å². The molecule has 7 nitrogen and oxygen atoms in total. The van der Waals surface area contributed by atoms with Crippen molar-refractivity contribution in [2.24, 2.45) is 0 Å². The normalized spacial score (nSPS) is 20.6. The lowest BCUT2D eigenvalue weighted by Crippen LogP contribution is -2.49. The van der Waals surface area contributed by atoms with Gasteiger partial charge in [0.25, 0.3) is 10.0 Å². The number of nitrogens with zero attached hydrogens (tertiary/aromatic N) is 2. The van der Waals surface area contributed by atoms with Crippen molar-refractivity contribution in [1.82, 2.24) is 9.88 Å². The van der Waals surface area contributed by atoms with Gasteiger partial charge in [0.1, 0.15) is 17.4 Å². The summed E-state index contributed by atoms with van der Waals surface area (Å²) in [6.07, 6.45) is 3.92. The van der Waals surface area contributed by atoms with E-state index in [1.807, 2.05) is 11.9 Å². The number of hydrogen-bond donors (Lipinski definition) is 3. The molecular formula is C19H25ClF2N4O3S2. The van der Waals surface area contributed by atoms with E-state index < -0.39 is 33.5 Å². The number of aromatic nitrogens is 1. The second-order valence-electron chi connectivity index (χ2n) is 7.56. The first kappa shape index (κ1) is 24.1. The quantitative estimate of drug-likeness (QED) is 0.492. The Kier molecular flexibility index (Phi) is 8.08. The molecule has 0 radical (unpaired) electrons. The Morgan fingerprint density at radius 2 is 2.13 bits per heavy atom. The van der Waals surface area contributed by atoms with Crippen LogP contribution in [0, 0.1) is 5.82 Å². The van der Waals surface area contributed by atoms with Gasteiger partial charge in [0, 0.05) is 30.2 Å². The van der Waals surface area contributed by atoms with Gasteiger partial charge in [-0.3, -0.25) is 9.62 Å². The zero-order valence-corrected chi connectivity index (χ0v) is 19.3. The molecule has 1 aromatic carbocycles. The highest BCUT2D eigenvalue weighted by Gasteiger charge is 2.30. The zero-order chi connectivity index (χ0) is 22.6. The zero-order valence-electron chi connectivity index (χ0n) is 16.9. The molecule has 2 aromatic rings. The maximum absolute atomic E-state index is 14.8. The lowest BCUT2D eigenvalue weighted by Gasteiger charge is -2.39. The van der Waals surface area contributed by atoms with Crippen molar-refractivity contribution in [3.8, 4) is 0 Å². The van der Waals surface area contributed by atoms with E-state index in [9.17, 15) is 22.3 Å². The number of aliphatic hydroxyl groups is 1. The fourth-order valence-electron chi connectivity index (χ4n) is 3.81. The third-order valence-electron chi connectivity index (χ3n) is 5.28. The summed E-state index contributed by atoms with van der Waals surface area (Å²) in [5, 5.41) is 14.6. The third-order valence-corrected chi connectivity index (χ3v) is 7.76. The molecule has 1 heterocycles. The van der Waals surface area contributed by atoms with Crippen molar-refractivity contribution < 1.29 is 22.3 Å². The van der Waals surface area contributed by atoms with E-state index in [1.54, 1.807) is 5.38 Å². The first-order valence-corrected chi connectivity index (χ1v) is 12.6. The standard InChI is InChI=1S/C19H25ClF2N4O3S2/c1-26(11-12(27)10-21)17-5-3-2-4-15(17)24-16-9-14(22)18(8-13(16)20)31(28,29)25-19-23-6-7-30-19/h6-9,12,15,17,24,27H,2-5,10-11H2,1H3,(H,23,25)/t12-,15+,17+/m1/s1. The van der Waals surface area contributed by atoms with Crippen LogP contribution < -0.4 is 10.0 Å². The molecule has 1 aromatic heterocycles. The molecule has 3 rings (SSSR count). The van der Waals surface area contributed by atoms with Gasteiger partial charge in [-0.05, 0) is 32.0 Å². The summed E-state index contributed by atoms with van der Waals surface area (Å²) in [6.45, 7) is -0.641. The molecule has 1 aliphatic rings. The first-order valence-electron chi connectivity index (χ1n) is 9.83. The van der Waals surface area contributed by atoms with E-state index in [2.05, 4.69) is 15.0 Å². The average molecular weight is 495 g/mol. The second-order valence-corrected chi connectivity index (χ2v) is 10.5. The van der Waals surface area contributed by atoms with Crippen LogP contribution in [0.5, 0.6) is 0 Å². The highest BCUT2D eigenvalue weighted by molar-refractivity contribution is 7.93. The largest absolute Gasteiger partial charge is 0.389 e. The van der Waals surface area contributed by atoms with Crippen molar-refractivity contribution in [1.29, 1.82) is 0 Å². The van der Waals surface area contributed by atoms with Crippen LogP contribution in [0.2, 0.25) is 5.02 Å². The lowest BCUT2D eigenvalue weighted by atomic mass is 9.89. The van der Waals surface area contributed by atoms with Crippen LogP contribution in [0.4, 0.5) is 19.6 Å². The predicted octanol–water partition coefficient (Wildman–Crippen LogP) is 3.72. The molecule has 0 saturated heterocycles. The SMILES string of the molecule is CN(C[C@H](O)CF)[C@H]1CCCC[C@@H]1Nc1cc(F)c(S(=O)(=O)Nc2nccs2)cc1Cl. The number of hydrogen-bond acceptors (Lipinski definition) is 7. The number of nitrogens with one attached hydrogen (secondary N) is 2. The molecule has 0 amide bonds. The van der Waals surface area contributed by atoms with Crippen molar-refractivity contribution in [2.45, 2.75) is 48.8 Å². The number of rotatable bonds is 9. The second kappa shape index (κ2) is 10.4. The molecule has 0 aliphatic heterocycles. The van der Waals surface area contributed by atoms with Crippen LogP contribution in [-0.2, 0) is 10.0 Å². The molecule has 0 spiro atoms. The summed E-state index contributed by atoms with van der Waals surface area (Å²) in [7, 11) is -2.38. The fraction of sp³-hybridized carbons (Fsp3) is 0.526. The maximum atomic E-state index is 14.8. The van der Waals surface area contributed by atoms with Crippen LogP contribution in [0.1, 0.15) is 25.7 Å². The lowest BCUT2D eigenvalue weighted by molar-refractivity contribution is 0.0701. The van der Waals surface area contributed by atoms with Gasteiger partial charge in [-0.25, -0.2) is 22.2 Å². The van der Waals surface area contributed by atoms with Gasteiger partial charge >= 0.3 is 0 Å². The van der Waals surface area contributed by atoms with E-state index in [0.29, 0.717) is 0 Å². The number of thiazole rings is 1. The fourth-order valence-corrected chi connectivity index (χ4v) is 5.97. The number of benzene rings is 1.